The van der Waals surface area contributed by atoms with E-state index in [1.54, 1.807) is 0 Å². The molecule has 0 aliphatic rings. The number of nitrogens with one attached hydrogen (secondary N) is 1. The highest BCUT2D eigenvalue weighted by Crippen LogP contribution is 2.35. The van der Waals surface area contributed by atoms with Crippen molar-refractivity contribution in [1.29, 1.82) is 0 Å². The van der Waals surface area contributed by atoms with Crippen LogP contribution in [0.4, 0.5) is 0 Å². The van der Waals surface area contributed by atoms with Crippen molar-refractivity contribution >= 4 is 16.9 Å². The summed E-state index contributed by atoms with van der Waals surface area (Å²) in [5.74, 6) is -0.00590. The van der Waals surface area contributed by atoms with Crippen LogP contribution in [0.1, 0.15) is 30.6 Å². The molecule has 0 spiro atoms. The van der Waals surface area contributed by atoms with Gasteiger partial charge in [0.2, 0.25) is 0 Å². The Morgan fingerprint density at radius 1 is 1.03 bits per heavy atom. The van der Waals surface area contributed by atoms with Crippen LogP contribution in [0.15, 0.2) is 79.0 Å². The van der Waals surface area contributed by atoms with Gasteiger partial charge in [0.1, 0.15) is 11.9 Å². The maximum atomic E-state index is 11.0. The van der Waals surface area contributed by atoms with Gasteiger partial charge < -0.3 is 14.8 Å². The Morgan fingerprint density at radius 2 is 1.86 bits per heavy atom. The van der Waals surface area contributed by atoms with Gasteiger partial charge in [-0.3, -0.25) is 4.79 Å². The molecule has 0 radical (unpaired) electrons. The van der Waals surface area contributed by atoms with Crippen LogP contribution in [-0.4, -0.2) is 16.1 Å². The van der Waals surface area contributed by atoms with Crippen LogP contribution in [0.5, 0.6) is 5.75 Å². The average Bonchev–Trinajstić information content (AvgIpc) is 3.21. The second-order valence-electron chi connectivity index (χ2n) is 7.17. The van der Waals surface area contributed by atoms with Gasteiger partial charge in [-0.15, -0.1) is 0 Å². The third kappa shape index (κ3) is 4.32. The number of hydrogen-bond donors (Lipinski definition) is 2. The maximum Gasteiger partial charge on any atom is 0.303 e. The predicted octanol–water partition coefficient (Wildman–Crippen LogP) is 5.99. The number of H-pyrrole nitrogens is 1. The van der Waals surface area contributed by atoms with Gasteiger partial charge in [0, 0.05) is 23.7 Å². The van der Waals surface area contributed by atoms with E-state index in [0.717, 1.165) is 38.9 Å². The lowest BCUT2D eigenvalue weighted by Gasteiger charge is -2.19. The smallest absolute Gasteiger partial charge is 0.303 e. The van der Waals surface area contributed by atoms with E-state index >= 15 is 0 Å². The van der Waals surface area contributed by atoms with Crippen LogP contribution in [0.2, 0.25) is 0 Å². The molecule has 0 fully saturated rings. The lowest BCUT2D eigenvalue weighted by Crippen LogP contribution is -2.04. The fraction of sp³-hybridized carbons (Fsp3) is 0.160. The fourth-order valence-electron chi connectivity index (χ4n) is 3.52. The summed E-state index contributed by atoms with van der Waals surface area (Å²) in [6, 6.07) is 24.3. The van der Waals surface area contributed by atoms with E-state index in [4.69, 9.17) is 9.84 Å². The molecule has 0 bridgehead atoms. The first kappa shape index (κ1) is 18.8. The molecule has 4 aromatic rings. The molecule has 4 heteroatoms. The Kier molecular flexibility index (Phi) is 5.34. The minimum Gasteiger partial charge on any atom is -0.485 e. The zero-order valence-corrected chi connectivity index (χ0v) is 16.3. The van der Waals surface area contributed by atoms with Crippen LogP contribution in [0.25, 0.3) is 22.0 Å². The number of hydrogen-bond acceptors (Lipinski definition) is 2. The molecule has 1 heterocycles. The number of fused-ring (bicyclic) bond motifs is 1. The molecule has 4 nitrogen and oxygen atoms in total. The Bertz CT molecular complexity index is 1130. The van der Waals surface area contributed by atoms with Crippen LogP contribution >= 0.6 is 0 Å². The lowest BCUT2D eigenvalue weighted by molar-refractivity contribution is -0.136. The number of rotatable bonds is 7. The number of aromatic nitrogens is 1. The Labute approximate surface area is 169 Å². The SMILES string of the molecule is CC(Oc1ccc(CCC(=O)O)cc1-c1ccc2[nH]ccc2c1)c1ccccc1. The number of carbonyl (C=O) groups is 1. The minimum atomic E-state index is -0.793. The third-order valence-electron chi connectivity index (χ3n) is 5.11. The van der Waals surface area contributed by atoms with Gasteiger partial charge in [-0.05, 0) is 65.8 Å². The van der Waals surface area contributed by atoms with Crippen molar-refractivity contribution in [1.82, 2.24) is 4.98 Å². The van der Waals surface area contributed by atoms with E-state index in [0.29, 0.717) is 6.42 Å². The van der Waals surface area contributed by atoms with Crippen molar-refractivity contribution < 1.29 is 14.6 Å². The molecule has 146 valence electrons. The number of aryl methyl sites for hydroxylation is 1. The second kappa shape index (κ2) is 8.23. The molecular weight excluding hydrogens is 362 g/mol. The summed E-state index contributed by atoms with van der Waals surface area (Å²) in [5, 5.41) is 10.2. The summed E-state index contributed by atoms with van der Waals surface area (Å²) in [6.45, 7) is 2.03. The summed E-state index contributed by atoms with van der Waals surface area (Å²) < 4.78 is 6.34. The predicted molar refractivity (Wildman–Crippen MR) is 115 cm³/mol. The van der Waals surface area contributed by atoms with E-state index in [1.807, 2.05) is 55.6 Å². The van der Waals surface area contributed by atoms with Gasteiger partial charge in [0.15, 0.2) is 0 Å². The highest BCUT2D eigenvalue weighted by Gasteiger charge is 2.14. The Hall–Kier alpha value is -3.53. The van der Waals surface area contributed by atoms with Crippen molar-refractivity contribution in [2.45, 2.75) is 25.9 Å². The van der Waals surface area contributed by atoms with E-state index in [9.17, 15) is 4.79 Å². The molecule has 1 aromatic heterocycles. The lowest BCUT2D eigenvalue weighted by atomic mass is 9.98. The number of ether oxygens (including phenoxy) is 1. The summed E-state index contributed by atoms with van der Waals surface area (Å²) in [6.07, 6.45) is 2.42. The van der Waals surface area contributed by atoms with Crippen LogP contribution in [0, 0.1) is 0 Å². The average molecular weight is 385 g/mol. The van der Waals surface area contributed by atoms with Crippen LogP contribution < -0.4 is 4.74 Å². The number of carboxylic acids is 1. The molecule has 3 aromatic carbocycles. The highest BCUT2D eigenvalue weighted by molar-refractivity contribution is 5.86. The first-order valence-electron chi connectivity index (χ1n) is 9.74. The van der Waals surface area contributed by atoms with Crippen LogP contribution in [-0.2, 0) is 11.2 Å². The van der Waals surface area contributed by atoms with Crippen LogP contribution in [0.3, 0.4) is 0 Å². The monoisotopic (exact) mass is 385 g/mol. The summed E-state index contributed by atoms with van der Waals surface area (Å²) in [4.78, 5) is 14.2. The van der Waals surface area contributed by atoms with Crippen molar-refractivity contribution in [3.05, 3.63) is 90.1 Å². The fourth-order valence-corrected chi connectivity index (χ4v) is 3.52. The van der Waals surface area contributed by atoms with Gasteiger partial charge in [0.25, 0.3) is 0 Å². The highest BCUT2D eigenvalue weighted by atomic mass is 16.5. The maximum absolute atomic E-state index is 11.0. The quantitative estimate of drug-likeness (QED) is 0.411. The topological polar surface area (TPSA) is 62.3 Å². The first-order chi connectivity index (χ1) is 14.1. The largest absolute Gasteiger partial charge is 0.485 e. The molecule has 0 aliphatic carbocycles. The molecule has 1 atom stereocenters. The Balaban J connectivity index is 1.72. The van der Waals surface area contributed by atoms with Gasteiger partial charge in [-0.25, -0.2) is 0 Å². The van der Waals surface area contributed by atoms with E-state index < -0.39 is 5.97 Å². The molecule has 0 aliphatic heterocycles. The Morgan fingerprint density at radius 3 is 2.66 bits per heavy atom. The number of carboxylic acid groups (broad SMARTS) is 1. The van der Waals surface area contributed by atoms with Gasteiger partial charge in [-0.2, -0.15) is 0 Å². The molecule has 1 unspecified atom stereocenters. The number of benzene rings is 3. The van der Waals surface area contributed by atoms with E-state index in [2.05, 4.69) is 35.3 Å². The van der Waals surface area contributed by atoms with Crippen molar-refractivity contribution in [3.8, 4) is 16.9 Å². The second-order valence-corrected chi connectivity index (χ2v) is 7.17. The summed E-state index contributed by atoms with van der Waals surface area (Å²) >= 11 is 0. The zero-order chi connectivity index (χ0) is 20.2. The van der Waals surface area contributed by atoms with E-state index in [1.165, 1.54) is 0 Å². The van der Waals surface area contributed by atoms with Gasteiger partial charge >= 0.3 is 5.97 Å². The molecule has 29 heavy (non-hydrogen) atoms. The molecule has 0 saturated heterocycles. The van der Waals surface area contributed by atoms with Gasteiger partial charge in [-0.1, -0.05) is 42.5 Å². The normalized spacial score (nSPS) is 12.0. The molecular formula is C25H23NO3. The number of aliphatic carboxylic acids is 1. The van der Waals surface area contributed by atoms with Crippen molar-refractivity contribution in [2.24, 2.45) is 0 Å². The van der Waals surface area contributed by atoms with Gasteiger partial charge in [0.05, 0.1) is 0 Å². The summed E-state index contributed by atoms with van der Waals surface area (Å²) in [7, 11) is 0. The summed E-state index contributed by atoms with van der Waals surface area (Å²) in [5.41, 5.74) is 5.19. The standard InChI is InChI=1S/C25H23NO3/c1-17(19-5-3-2-4-6-19)29-24-11-7-18(8-12-25(27)28)15-22(24)20-9-10-23-21(16-20)13-14-26-23/h2-7,9-11,13-17,26H,8,12H2,1H3,(H,27,28). The van der Waals surface area contributed by atoms with Crippen molar-refractivity contribution in [2.75, 3.05) is 0 Å². The molecule has 0 saturated carbocycles. The molecule has 0 amide bonds. The minimum absolute atomic E-state index is 0.101. The van der Waals surface area contributed by atoms with E-state index in [-0.39, 0.29) is 12.5 Å². The first-order valence-corrected chi connectivity index (χ1v) is 9.74. The molecule has 2 N–H and O–H groups in total. The third-order valence-corrected chi connectivity index (χ3v) is 5.11. The van der Waals surface area contributed by atoms with Crippen molar-refractivity contribution in [3.63, 3.8) is 0 Å². The number of aromatic amines is 1. The molecule has 4 rings (SSSR count). The zero-order valence-electron chi connectivity index (χ0n) is 16.3.